The first-order valence-corrected chi connectivity index (χ1v) is 3.88. The Balaban J connectivity index is 2.65. The summed E-state index contributed by atoms with van der Waals surface area (Å²) >= 11 is 0. The van der Waals surface area contributed by atoms with Crippen LogP contribution in [0, 0.1) is 11.8 Å². The highest BCUT2D eigenvalue weighted by Gasteiger charge is 2.14. The monoisotopic (exact) mass is 138 g/mol. The van der Waals surface area contributed by atoms with Crippen LogP contribution in [-0.4, -0.2) is 6.29 Å². The first-order valence-electron chi connectivity index (χ1n) is 3.88. The lowest BCUT2D eigenvalue weighted by Crippen LogP contribution is -2.09. The molecule has 0 fully saturated rings. The highest BCUT2D eigenvalue weighted by molar-refractivity contribution is 5.73. The van der Waals surface area contributed by atoms with E-state index in [0.717, 1.165) is 18.3 Å². The molecule has 0 amide bonds. The van der Waals surface area contributed by atoms with Gasteiger partial charge in [0.05, 0.1) is 0 Å². The Morgan fingerprint density at radius 2 is 2.30 bits per heavy atom. The second kappa shape index (κ2) is 3.00. The van der Waals surface area contributed by atoms with Crippen LogP contribution in [0.4, 0.5) is 0 Å². The molecule has 0 saturated heterocycles. The van der Waals surface area contributed by atoms with Crippen LogP contribution in [0.5, 0.6) is 0 Å². The van der Waals surface area contributed by atoms with Crippen LogP contribution in [0.25, 0.3) is 0 Å². The molecule has 0 radical (unpaired) electrons. The van der Waals surface area contributed by atoms with Crippen LogP contribution in [-0.2, 0) is 4.79 Å². The van der Waals surface area contributed by atoms with Crippen molar-refractivity contribution in [3.8, 4) is 0 Å². The normalized spacial score (nSPS) is 33.2. The molecule has 2 atom stereocenters. The van der Waals surface area contributed by atoms with Crippen molar-refractivity contribution in [2.45, 2.75) is 26.7 Å². The predicted octanol–water partition coefficient (Wildman–Crippen LogP) is 2.18. The third-order valence-electron chi connectivity index (χ3n) is 2.01. The number of carbonyl (C=O) groups excluding carboxylic acids is 1. The first kappa shape index (κ1) is 7.52. The van der Waals surface area contributed by atoms with Crippen LogP contribution in [0.3, 0.4) is 0 Å². The van der Waals surface area contributed by atoms with E-state index in [2.05, 4.69) is 19.9 Å². The number of hydrogen-bond donors (Lipinski definition) is 0. The molecule has 0 aliphatic heterocycles. The lowest BCUT2D eigenvalue weighted by atomic mass is 9.85. The van der Waals surface area contributed by atoms with E-state index in [9.17, 15) is 4.79 Å². The highest BCUT2D eigenvalue weighted by Crippen LogP contribution is 2.26. The number of hydrogen-bond acceptors (Lipinski definition) is 1. The minimum Gasteiger partial charge on any atom is -0.298 e. The molecule has 1 rings (SSSR count). The average molecular weight is 138 g/mol. The summed E-state index contributed by atoms with van der Waals surface area (Å²) in [5, 5.41) is 0. The van der Waals surface area contributed by atoms with Gasteiger partial charge in [0.2, 0.25) is 0 Å². The lowest BCUT2D eigenvalue weighted by molar-refractivity contribution is -0.105. The third kappa shape index (κ3) is 1.69. The van der Waals surface area contributed by atoms with Gasteiger partial charge in [-0.2, -0.15) is 0 Å². The highest BCUT2D eigenvalue weighted by atomic mass is 16.1. The fourth-order valence-electron chi connectivity index (χ4n) is 1.71. The smallest absolute Gasteiger partial charge is 0.145 e. The topological polar surface area (TPSA) is 17.1 Å². The van der Waals surface area contributed by atoms with Gasteiger partial charge in [-0.3, -0.25) is 4.79 Å². The van der Waals surface area contributed by atoms with Crippen molar-refractivity contribution < 1.29 is 4.79 Å². The molecular formula is C9H14O. The molecule has 1 nitrogen and oxygen atoms in total. The third-order valence-corrected chi connectivity index (χ3v) is 2.01. The van der Waals surface area contributed by atoms with Crippen molar-refractivity contribution in [3.63, 3.8) is 0 Å². The van der Waals surface area contributed by atoms with Gasteiger partial charge in [-0.15, -0.1) is 0 Å². The van der Waals surface area contributed by atoms with E-state index in [1.165, 1.54) is 6.42 Å². The molecule has 0 unspecified atom stereocenters. The van der Waals surface area contributed by atoms with Crippen molar-refractivity contribution in [2.75, 3.05) is 0 Å². The maximum Gasteiger partial charge on any atom is 0.145 e. The van der Waals surface area contributed by atoms with E-state index in [1.807, 2.05) is 0 Å². The Bertz CT molecular complexity index is 158. The molecule has 0 N–H and O–H groups in total. The van der Waals surface area contributed by atoms with Gasteiger partial charge < -0.3 is 0 Å². The Morgan fingerprint density at radius 1 is 1.60 bits per heavy atom. The van der Waals surface area contributed by atoms with Crippen molar-refractivity contribution in [1.82, 2.24) is 0 Å². The number of rotatable bonds is 1. The Kier molecular flexibility index (Phi) is 2.25. The van der Waals surface area contributed by atoms with Crippen molar-refractivity contribution >= 4 is 6.29 Å². The Labute approximate surface area is 62.1 Å². The summed E-state index contributed by atoms with van der Waals surface area (Å²) in [5.74, 6) is 1.30. The fraction of sp³-hybridized carbons (Fsp3) is 0.667. The molecule has 1 aliphatic carbocycles. The molecule has 0 heterocycles. The van der Waals surface area contributed by atoms with Gasteiger partial charge in [0.1, 0.15) is 6.29 Å². The van der Waals surface area contributed by atoms with Crippen molar-refractivity contribution in [1.29, 1.82) is 0 Å². The molecule has 0 spiro atoms. The molecule has 0 saturated carbocycles. The van der Waals surface area contributed by atoms with Gasteiger partial charge in [-0.05, 0) is 30.3 Å². The van der Waals surface area contributed by atoms with Gasteiger partial charge in [-0.25, -0.2) is 0 Å². The molecule has 1 aliphatic rings. The number of aldehydes is 1. The molecule has 0 aromatic rings. The molecular weight excluding hydrogens is 124 g/mol. The minimum absolute atomic E-state index is 0.601. The van der Waals surface area contributed by atoms with Gasteiger partial charge in [-0.1, -0.05) is 19.9 Å². The Hall–Kier alpha value is -0.590. The standard InChI is InChI=1S/C9H14O/c1-7-3-8(2)5-9(4-7)6-10/h4,6-8H,3,5H2,1-2H3/t7-,8+/m0/s1. The summed E-state index contributed by atoms with van der Waals surface area (Å²) in [7, 11) is 0. The summed E-state index contributed by atoms with van der Waals surface area (Å²) in [4.78, 5) is 10.4. The second-order valence-electron chi connectivity index (χ2n) is 3.38. The second-order valence-corrected chi connectivity index (χ2v) is 3.38. The maximum absolute atomic E-state index is 10.4. The molecule has 0 aromatic carbocycles. The number of carbonyl (C=O) groups is 1. The van der Waals surface area contributed by atoms with Crippen LogP contribution in [0.15, 0.2) is 11.6 Å². The lowest BCUT2D eigenvalue weighted by Gasteiger charge is -2.20. The van der Waals surface area contributed by atoms with Gasteiger partial charge >= 0.3 is 0 Å². The van der Waals surface area contributed by atoms with E-state index in [1.54, 1.807) is 0 Å². The average Bonchev–Trinajstić information content (AvgIpc) is 1.85. The summed E-state index contributed by atoms with van der Waals surface area (Å²) in [6.07, 6.45) is 5.30. The van der Waals surface area contributed by atoms with Crippen LogP contribution >= 0.6 is 0 Å². The van der Waals surface area contributed by atoms with E-state index in [4.69, 9.17) is 0 Å². The zero-order valence-electron chi connectivity index (χ0n) is 6.63. The quantitative estimate of drug-likeness (QED) is 0.507. The van der Waals surface area contributed by atoms with Crippen LogP contribution in [0.1, 0.15) is 26.7 Å². The van der Waals surface area contributed by atoms with E-state index < -0.39 is 0 Å². The summed E-state index contributed by atoms with van der Waals surface area (Å²) in [5.41, 5.74) is 0.992. The van der Waals surface area contributed by atoms with Gasteiger partial charge in [0, 0.05) is 0 Å². The van der Waals surface area contributed by atoms with Crippen LogP contribution in [0.2, 0.25) is 0 Å². The predicted molar refractivity (Wildman–Crippen MR) is 41.7 cm³/mol. The van der Waals surface area contributed by atoms with E-state index in [0.29, 0.717) is 11.8 Å². The first-order chi connectivity index (χ1) is 4.72. The molecule has 0 bridgehead atoms. The Morgan fingerprint density at radius 3 is 2.80 bits per heavy atom. The van der Waals surface area contributed by atoms with Crippen LogP contribution < -0.4 is 0 Å². The van der Waals surface area contributed by atoms with E-state index >= 15 is 0 Å². The molecule has 10 heavy (non-hydrogen) atoms. The zero-order valence-corrected chi connectivity index (χ0v) is 6.63. The minimum atomic E-state index is 0.601. The van der Waals surface area contributed by atoms with Crippen molar-refractivity contribution in [2.24, 2.45) is 11.8 Å². The largest absolute Gasteiger partial charge is 0.298 e. The summed E-state index contributed by atoms with van der Waals surface area (Å²) in [6, 6.07) is 0. The summed E-state index contributed by atoms with van der Waals surface area (Å²) in [6.45, 7) is 4.37. The SMILES string of the molecule is C[C@H]1CC(C=O)=C[C@@H](C)C1. The van der Waals surface area contributed by atoms with Gasteiger partial charge in [0.25, 0.3) is 0 Å². The fourth-order valence-corrected chi connectivity index (χ4v) is 1.71. The zero-order chi connectivity index (χ0) is 7.56. The number of allylic oxidation sites excluding steroid dienone is 2. The summed E-state index contributed by atoms with van der Waals surface area (Å²) < 4.78 is 0. The molecule has 56 valence electrons. The van der Waals surface area contributed by atoms with E-state index in [-0.39, 0.29) is 0 Å². The molecule has 0 aromatic heterocycles. The van der Waals surface area contributed by atoms with Gasteiger partial charge in [0.15, 0.2) is 0 Å². The molecule has 1 heteroatoms. The van der Waals surface area contributed by atoms with Crippen molar-refractivity contribution in [3.05, 3.63) is 11.6 Å². The maximum atomic E-state index is 10.4.